The van der Waals surface area contributed by atoms with Gasteiger partial charge in [-0.25, -0.2) is 0 Å². The van der Waals surface area contributed by atoms with Gasteiger partial charge in [-0.1, -0.05) is 57.0 Å². The summed E-state index contributed by atoms with van der Waals surface area (Å²) >= 11 is 0. The highest BCUT2D eigenvalue weighted by molar-refractivity contribution is 5.14. The second kappa shape index (κ2) is 7.47. The minimum atomic E-state index is 0.695. The Morgan fingerprint density at radius 2 is 1.60 bits per heavy atom. The molecule has 1 aromatic rings. The lowest BCUT2D eigenvalue weighted by atomic mass is 10.1. The van der Waals surface area contributed by atoms with Gasteiger partial charge >= 0.3 is 0 Å². The molecule has 1 aromatic carbocycles. The molecule has 0 amide bonds. The molecule has 0 aliphatic heterocycles. The first kappa shape index (κ1) is 12.3. The molecule has 0 atom stereocenters. The molecule has 0 saturated heterocycles. The molecule has 0 heterocycles. The van der Waals surface area contributed by atoms with Crippen LogP contribution < -0.4 is 5.32 Å². The van der Waals surface area contributed by atoms with E-state index in [1.54, 1.807) is 0 Å². The van der Waals surface area contributed by atoms with Gasteiger partial charge in [-0.2, -0.15) is 0 Å². The number of benzene rings is 1. The van der Waals surface area contributed by atoms with Gasteiger partial charge in [0.1, 0.15) is 0 Å². The van der Waals surface area contributed by atoms with Crippen molar-refractivity contribution in [3.05, 3.63) is 35.9 Å². The molecule has 1 rings (SSSR count). The van der Waals surface area contributed by atoms with Crippen LogP contribution in [0, 0.1) is 0 Å². The lowest BCUT2D eigenvalue weighted by Gasteiger charge is -2.17. The average Bonchev–Trinajstić information content (AvgIpc) is 2.28. The van der Waals surface area contributed by atoms with Crippen LogP contribution in [0.5, 0.6) is 0 Å². The topological polar surface area (TPSA) is 12.0 Å². The van der Waals surface area contributed by atoms with Gasteiger partial charge in [-0.3, -0.25) is 0 Å². The summed E-state index contributed by atoms with van der Waals surface area (Å²) < 4.78 is 0. The molecule has 1 N–H and O–H groups in total. The van der Waals surface area contributed by atoms with Gasteiger partial charge in [0, 0.05) is 12.6 Å². The van der Waals surface area contributed by atoms with Crippen molar-refractivity contribution in [1.29, 1.82) is 0 Å². The summed E-state index contributed by atoms with van der Waals surface area (Å²) in [5.74, 6) is 0. The van der Waals surface area contributed by atoms with E-state index in [0.717, 1.165) is 6.54 Å². The van der Waals surface area contributed by atoms with Crippen molar-refractivity contribution >= 4 is 0 Å². The lowest BCUT2D eigenvalue weighted by molar-refractivity contribution is 0.443. The van der Waals surface area contributed by atoms with Crippen LogP contribution in [0.2, 0.25) is 0 Å². The van der Waals surface area contributed by atoms with Crippen molar-refractivity contribution < 1.29 is 0 Å². The van der Waals surface area contributed by atoms with E-state index >= 15 is 0 Å². The van der Waals surface area contributed by atoms with Gasteiger partial charge < -0.3 is 5.32 Å². The van der Waals surface area contributed by atoms with Crippen molar-refractivity contribution in [2.24, 2.45) is 0 Å². The molecule has 0 radical (unpaired) electrons. The first-order valence-electron chi connectivity index (χ1n) is 6.14. The Hall–Kier alpha value is -0.820. The summed E-state index contributed by atoms with van der Waals surface area (Å²) in [4.78, 5) is 0. The zero-order chi connectivity index (χ0) is 10.9. The third-order valence-electron chi connectivity index (χ3n) is 2.71. The molecule has 0 fully saturated rings. The molecule has 15 heavy (non-hydrogen) atoms. The maximum absolute atomic E-state index is 3.64. The molecular formula is C14H23N. The fourth-order valence-electron chi connectivity index (χ4n) is 1.90. The molecule has 0 aliphatic rings. The molecule has 84 valence electrons. The summed E-state index contributed by atoms with van der Waals surface area (Å²) in [6.45, 7) is 5.52. The molecule has 1 nitrogen and oxygen atoms in total. The Bertz CT molecular complexity index is 237. The van der Waals surface area contributed by atoms with Crippen LogP contribution in [0.1, 0.15) is 45.1 Å². The SMILES string of the molecule is CCCC(CCC)NCc1ccccc1. The molecule has 0 spiro atoms. The fraction of sp³-hybridized carbons (Fsp3) is 0.571. The predicted molar refractivity (Wildman–Crippen MR) is 66.9 cm³/mol. The number of nitrogens with one attached hydrogen (secondary N) is 1. The Morgan fingerprint density at radius 3 is 2.13 bits per heavy atom. The smallest absolute Gasteiger partial charge is 0.0208 e. The Morgan fingerprint density at radius 1 is 1.00 bits per heavy atom. The monoisotopic (exact) mass is 205 g/mol. The van der Waals surface area contributed by atoms with Gasteiger partial charge in [0.2, 0.25) is 0 Å². The van der Waals surface area contributed by atoms with Gasteiger partial charge in [0.25, 0.3) is 0 Å². The Balaban J connectivity index is 2.33. The van der Waals surface area contributed by atoms with E-state index in [9.17, 15) is 0 Å². The standard InChI is InChI=1S/C14H23N/c1-3-8-14(9-4-2)15-12-13-10-6-5-7-11-13/h5-7,10-11,14-15H,3-4,8-9,12H2,1-2H3. The maximum atomic E-state index is 3.64. The van der Waals surface area contributed by atoms with E-state index < -0.39 is 0 Å². The van der Waals surface area contributed by atoms with E-state index in [-0.39, 0.29) is 0 Å². The van der Waals surface area contributed by atoms with Crippen molar-refractivity contribution in [2.75, 3.05) is 0 Å². The average molecular weight is 205 g/mol. The van der Waals surface area contributed by atoms with Crippen LogP contribution in [-0.4, -0.2) is 6.04 Å². The Labute approximate surface area is 93.9 Å². The first-order valence-corrected chi connectivity index (χ1v) is 6.14. The highest BCUT2D eigenvalue weighted by atomic mass is 14.9. The lowest BCUT2D eigenvalue weighted by Crippen LogP contribution is -2.28. The maximum Gasteiger partial charge on any atom is 0.0208 e. The normalized spacial score (nSPS) is 10.9. The van der Waals surface area contributed by atoms with E-state index in [1.165, 1.54) is 31.2 Å². The highest BCUT2D eigenvalue weighted by Crippen LogP contribution is 2.06. The van der Waals surface area contributed by atoms with Crippen molar-refractivity contribution in [2.45, 2.75) is 52.1 Å². The van der Waals surface area contributed by atoms with Crippen molar-refractivity contribution in [3.8, 4) is 0 Å². The summed E-state index contributed by atoms with van der Waals surface area (Å²) in [5, 5.41) is 3.64. The molecule has 0 bridgehead atoms. The predicted octanol–water partition coefficient (Wildman–Crippen LogP) is 3.75. The number of hydrogen-bond acceptors (Lipinski definition) is 1. The quantitative estimate of drug-likeness (QED) is 0.715. The Kier molecular flexibility index (Phi) is 6.10. The van der Waals surface area contributed by atoms with Gasteiger partial charge in [-0.05, 0) is 18.4 Å². The minimum absolute atomic E-state index is 0.695. The molecule has 0 aromatic heterocycles. The zero-order valence-electron chi connectivity index (χ0n) is 10.00. The molecule has 1 heteroatoms. The van der Waals surface area contributed by atoms with Gasteiger partial charge in [-0.15, -0.1) is 0 Å². The van der Waals surface area contributed by atoms with Gasteiger partial charge in [0.05, 0.1) is 0 Å². The van der Waals surface area contributed by atoms with Gasteiger partial charge in [0.15, 0.2) is 0 Å². The summed E-state index contributed by atoms with van der Waals surface area (Å²) in [6, 6.07) is 11.3. The van der Waals surface area contributed by atoms with Crippen LogP contribution in [0.3, 0.4) is 0 Å². The fourth-order valence-corrected chi connectivity index (χ4v) is 1.90. The minimum Gasteiger partial charge on any atom is -0.310 e. The number of rotatable bonds is 7. The zero-order valence-corrected chi connectivity index (χ0v) is 10.00. The van der Waals surface area contributed by atoms with Crippen molar-refractivity contribution in [1.82, 2.24) is 5.32 Å². The third-order valence-corrected chi connectivity index (χ3v) is 2.71. The van der Waals surface area contributed by atoms with E-state index in [0.29, 0.717) is 6.04 Å². The van der Waals surface area contributed by atoms with E-state index in [4.69, 9.17) is 0 Å². The molecule has 0 saturated carbocycles. The van der Waals surface area contributed by atoms with Crippen LogP contribution in [-0.2, 0) is 6.54 Å². The summed E-state index contributed by atoms with van der Waals surface area (Å²) in [6.07, 6.45) is 5.13. The van der Waals surface area contributed by atoms with Crippen LogP contribution in [0.15, 0.2) is 30.3 Å². The van der Waals surface area contributed by atoms with Crippen LogP contribution in [0.25, 0.3) is 0 Å². The molecule has 0 unspecified atom stereocenters. The van der Waals surface area contributed by atoms with Crippen LogP contribution >= 0.6 is 0 Å². The second-order valence-corrected chi connectivity index (χ2v) is 4.14. The van der Waals surface area contributed by atoms with E-state index in [1.807, 2.05) is 0 Å². The van der Waals surface area contributed by atoms with Crippen LogP contribution in [0.4, 0.5) is 0 Å². The summed E-state index contributed by atoms with van der Waals surface area (Å²) in [5.41, 5.74) is 1.38. The van der Waals surface area contributed by atoms with E-state index in [2.05, 4.69) is 49.5 Å². The molecular weight excluding hydrogens is 182 g/mol. The van der Waals surface area contributed by atoms with Crippen molar-refractivity contribution in [3.63, 3.8) is 0 Å². The number of hydrogen-bond donors (Lipinski definition) is 1. The summed E-state index contributed by atoms with van der Waals surface area (Å²) in [7, 11) is 0. The third kappa shape index (κ3) is 4.98. The largest absolute Gasteiger partial charge is 0.310 e. The first-order chi connectivity index (χ1) is 7.36. The molecule has 0 aliphatic carbocycles. The highest BCUT2D eigenvalue weighted by Gasteiger charge is 2.04. The second-order valence-electron chi connectivity index (χ2n) is 4.14.